The SMILES string of the molecule is CCCc1nc2c(C)ccnc2n1Cc1ccc2nc(-c3ccccc3C(=O)O)ccc2c1. The minimum Gasteiger partial charge on any atom is -0.478 e. The second kappa shape index (κ2) is 8.47. The fourth-order valence-electron chi connectivity index (χ4n) is 4.26. The summed E-state index contributed by atoms with van der Waals surface area (Å²) in [5.41, 5.74) is 6.50. The summed E-state index contributed by atoms with van der Waals surface area (Å²) < 4.78 is 2.21. The lowest BCUT2D eigenvalue weighted by Crippen LogP contribution is -2.06. The molecule has 5 aromatic rings. The maximum Gasteiger partial charge on any atom is 0.336 e. The summed E-state index contributed by atoms with van der Waals surface area (Å²) in [5.74, 6) is 0.0929. The van der Waals surface area contributed by atoms with Crippen LogP contribution in [0.2, 0.25) is 0 Å². The van der Waals surface area contributed by atoms with Crippen LogP contribution in [0.15, 0.2) is 66.9 Å². The van der Waals surface area contributed by atoms with Gasteiger partial charge < -0.3 is 9.67 Å². The van der Waals surface area contributed by atoms with E-state index in [0.717, 1.165) is 51.9 Å². The summed E-state index contributed by atoms with van der Waals surface area (Å²) in [7, 11) is 0. The fourth-order valence-corrected chi connectivity index (χ4v) is 4.26. The van der Waals surface area contributed by atoms with Crippen molar-refractivity contribution in [1.82, 2.24) is 19.5 Å². The zero-order chi connectivity index (χ0) is 22.9. The fraction of sp³-hybridized carbons (Fsp3) is 0.185. The first-order valence-electron chi connectivity index (χ1n) is 11.1. The van der Waals surface area contributed by atoms with Crippen LogP contribution in [-0.4, -0.2) is 30.6 Å². The number of aryl methyl sites for hydroxylation is 2. The average molecular weight is 437 g/mol. The largest absolute Gasteiger partial charge is 0.478 e. The van der Waals surface area contributed by atoms with Crippen molar-refractivity contribution in [3.63, 3.8) is 0 Å². The van der Waals surface area contributed by atoms with Gasteiger partial charge in [0.15, 0.2) is 5.65 Å². The summed E-state index contributed by atoms with van der Waals surface area (Å²) in [6.07, 6.45) is 3.76. The van der Waals surface area contributed by atoms with E-state index >= 15 is 0 Å². The van der Waals surface area contributed by atoms with E-state index in [9.17, 15) is 9.90 Å². The number of benzene rings is 2. The topological polar surface area (TPSA) is 80.9 Å². The number of rotatable bonds is 6. The molecule has 2 aromatic carbocycles. The van der Waals surface area contributed by atoms with Crippen LogP contribution in [0.25, 0.3) is 33.3 Å². The Bertz CT molecular complexity index is 1500. The Balaban J connectivity index is 1.53. The second-order valence-electron chi connectivity index (χ2n) is 8.24. The van der Waals surface area contributed by atoms with Gasteiger partial charge in [0.1, 0.15) is 11.3 Å². The minimum atomic E-state index is -0.956. The highest BCUT2D eigenvalue weighted by Crippen LogP contribution is 2.26. The van der Waals surface area contributed by atoms with Crippen molar-refractivity contribution < 1.29 is 9.90 Å². The van der Waals surface area contributed by atoms with Crippen LogP contribution in [0.3, 0.4) is 0 Å². The molecular weight excluding hydrogens is 412 g/mol. The number of fused-ring (bicyclic) bond motifs is 2. The number of aromatic nitrogens is 4. The molecule has 0 spiro atoms. The van der Waals surface area contributed by atoms with Crippen LogP contribution in [0.1, 0.15) is 40.7 Å². The first kappa shape index (κ1) is 20.8. The van der Waals surface area contributed by atoms with E-state index in [1.165, 1.54) is 0 Å². The van der Waals surface area contributed by atoms with Crippen molar-refractivity contribution in [2.24, 2.45) is 0 Å². The molecule has 0 unspecified atom stereocenters. The number of nitrogens with zero attached hydrogens (tertiary/aromatic N) is 4. The quantitative estimate of drug-likeness (QED) is 0.372. The first-order chi connectivity index (χ1) is 16.0. The molecular formula is C27H24N4O2. The Morgan fingerprint density at radius 3 is 2.70 bits per heavy atom. The number of imidazole rings is 1. The van der Waals surface area contributed by atoms with Crippen molar-refractivity contribution in [1.29, 1.82) is 0 Å². The summed E-state index contributed by atoms with van der Waals surface area (Å²) in [5, 5.41) is 10.5. The number of carbonyl (C=O) groups is 1. The van der Waals surface area contributed by atoms with Crippen LogP contribution in [0.4, 0.5) is 0 Å². The van der Waals surface area contributed by atoms with Crippen LogP contribution < -0.4 is 0 Å². The zero-order valence-corrected chi connectivity index (χ0v) is 18.6. The van der Waals surface area contributed by atoms with Crippen molar-refractivity contribution in [2.45, 2.75) is 33.2 Å². The van der Waals surface area contributed by atoms with Crippen LogP contribution >= 0.6 is 0 Å². The summed E-state index contributed by atoms with van der Waals surface area (Å²) in [6, 6.07) is 19.0. The molecule has 6 heteroatoms. The van der Waals surface area contributed by atoms with Gasteiger partial charge in [0.05, 0.1) is 23.3 Å². The number of carboxylic acid groups (broad SMARTS) is 1. The van der Waals surface area contributed by atoms with E-state index in [2.05, 4.69) is 35.5 Å². The first-order valence-corrected chi connectivity index (χ1v) is 11.1. The Kier molecular flexibility index (Phi) is 5.34. The van der Waals surface area contributed by atoms with Gasteiger partial charge in [-0.3, -0.25) is 0 Å². The van der Waals surface area contributed by atoms with Crippen LogP contribution in [0.5, 0.6) is 0 Å². The molecule has 0 aliphatic carbocycles. The van der Waals surface area contributed by atoms with Gasteiger partial charge >= 0.3 is 5.97 Å². The van der Waals surface area contributed by atoms with Crippen molar-refractivity contribution >= 4 is 28.0 Å². The van der Waals surface area contributed by atoms with Gasteiger partial charge in [0, 0.05) is 23.6 Å². The molecule has 3 aromatic heterocycles. The smallest absolute Gasteiger partial charge is 0.336 e. The predicted molar refractivity (Wildman–Crippen MR) is 130 cm³/mol. The third-order valence-corrected chi connectivity index (χ3v) is 5.92. The molecule has 5 rings (SSSR count). The minimum absolute atomic E-state index is 0.249. The Labute approximate surface area is 191 Å². The third-order valence-electron chi connectivity index (χ3n) is 5.92. The molecule has 0 saturated carbocycles. The lowest BCUT2D eigenvalue weighted by Gasteiger charge is -2.10. The van der Waals surface area contributed by atoms with E-state index in [4.69, 9.17) is 9.97 Å². The summed E-state index contributed by atoms with van der Waals surface area (Å²) in [4.78, 5) is 25.8. The number of hydrogen-bond donors (Lipinski definition) is 1. The van der Waals surface area contributed by atoms with Gasteiger partial charge in [0.2, 0.25) is 0 Å². The molecule has 0 saturated heterocycles. The molecule has 6 nitrogen and oxygen atoms in total. The van der Waals surface area contributed by atoms with E-state index in [-0.39, 0.29) is 5.56 Å². The highest BCUT2D eigenvalue weighted by atomic mass is 16.4. The van der Waals surface area contributed by atoms with Gasteiger partial charge in [-0.15, -0.1) is 0 Å². The lowest BCUT2D eigenvalue weighted by molar-refractivity contribution is 0.0697. The number of aromatic carboxylic acids is 1. The van der Waals surface area contributed by atoms with Crippen molar-refractivity contribution in [3.8, 4) is 11.3 Å². The van der Waals surface area contributed by atoms with E-state index in [0.29, 0.717) is 17.8 Å². The molecule has 0 bridgehead atoms. The molecule has 0 atom stereocenters. The molecule has 0 radical (unpaired) electrons. The summed E-state index contributed by atoms with van der Waals surface area (Å²) in [6.45, 7) is 4.91. The molecule has 0 aliphatic heterocycles. The van der Waals surface area contributed by atoms with Gasteiger partial charge in [-0.25, -0.2) is 19.7 Å². The van der Waals surface area contributed by atoms with Gasteiger partial charge in [-0.05, 0) is 54.8 Å². The van der Waals surface area contributed by atoms with Gasteiger partial charge in [-0.2, -0.15) is 0 Å². The Morgan fingerprint density at radius 1 is 1.03 bits per heavy atom. The number of hydrogen-bond acceptors (Lipinski definition) is 4. The maximum atomic E-state index is 11.6. The monoisotopic (exact) mass is 436 g/mol. The second-order valence-corrected chi connectivity index (χ2v) is 8.24. The average Bonchev–Trinajstić information content (AvgIpc) is 3.17. The van der Waals surface area contributed by atoms with Crippen LogP contribution in [0, 0.1) is 6.92 Å². The van der Waals surface area contributed by atoms with E-state index in [1.807, 2.05) is 36.5 Å². The standard InChI is InChI=1S/C27H24N4O2/c1-3-6-24-30-25-17(2)13-14-28-26(25)31(24)16-18-9-11-22-19(15-18)10-12-23(29-22)20-7-4-5-8-21(20)27(32)33/h4-5,7-15H,3,6,16H2,1-2H3,(H,32,33). The van der Waals surface area contributed by atoms with Crippen LogP contribution in [-0.2, 0) is 13.0 Å². The lowest BCUT2D eigenvalue weighted by atomic mass is 10.0. The van der Waals surface area contributed by atoms with E-state index in [1.54, 1.807) is 18.2 Å². The highest BCUT2D eigenvalue weighted by molar-refractivity contribution is 5.96. The molecule has 0 amide bonds. The van der Waals surface area contributed by atoms with E-state index < -0.39 is 5.97 Å². The highest BCUT2D eigenvalue weighted by Gasteiger charge is 2.15. The van der Waals surface area contributed by atoms with Gasteiger partial charge in [-0.1, -0.05) is 37.3 Å². The van der Waals surface area contributed by atoms with Gasteiger partial charge in [0.25, 0.3) is 0 Å². The Hall–Kier alpha value is -4.06. The summed E-state index contributed by atoms with van der Waals surface area (Å²) >= 11 is 0. The predicted octanol–water partition coefficient (Wildman–Crippen LogP) is 5.65. The molecule has 0 aliphatic rings. The molecule has 33 heavy (non-hydrogen) atoms. The van der Waals surface area contributed by atoms with Crippen molar-refractivity contribution in [3.05, 3.63) is 89.4 Å². The molecule has 3 heterocycles. The number of pyridine rings is 2. The molecule has 1 N–H and O–H groups in total. The van der Waals surface area contributed by atoms with Crippen molar-refractivity contribution in [2.75, 3.05) is 0 Å². The zero-order valence-electron chi connectivity index (χ0n) is 18.6. The number of carboxylic acids is 1. The molecule has 164 valence electrons. The third kappa shape index (κ3) is 3.84. The molecule has 0 fully saturated rings. The normalized spacial score (nSPS) is 11.3. The Morgan fingerprint density at radius 2 is 1.88 bits per heavy atom. The maximum absolute atomic E-state index is 11.6.